The molecule has 4 heterocycles. The van der Waals surface area contributed by atoms with Gasteiger partial charge < -0.3 is 15.5 Å². The van der Waals surface area contributed by atoms with E-state index in [-0.39, 0.29) is 35.2 Å². The van der Waals surface area contributed by atoms with E-state index in [1.54, 1.807) is 15.5 Å². The number of carbonyl (C=O) groups excluding carboxylic acids is 1. The summed E-state index contributed by atoms with van der Waals surface area (Å²) in [6.45, 7) is 3.52. The molecule has 3 atom stereocenters. The van der Waals surface area contributed by atoms with Crippen LogP contribution in [0.1, 0.15) is 46.9 Å². The van der Waals surface area contributed by atoms with E-state index in [1.165, 1.54) is 12.1 Å². The number of halogens is 1. The van der Waals surface area contributed by atoms with E-state index in [4.69, 9.17) is 27.4 Å². The molecule has 2 saturated heterocycles. The molecule has 1 amide bonds. The molecule has 3 aromatic rings. The lowest BCUT2D eigenvalue weighted by Gasteiger charge is -2.35. The van der Waals surface area contributed by atoms with Gasteiger partial charge in [0.05, 0.1) is 41.2 Å². The fourth-order valence-corrected chi connectivity index (χ4v) is 6.01. The average molecular weight is 557 g/mol. The Labute approximate surface area is 226 Å². The molecule has 2 aliphatic heterocycles. The lowest BCUT2D eigenvalue weighted by molar-refractivity contribution is 0.0607. The van der Waals surface area contributed by atoms with E-state index < -0.39 is 10.0 Å². The number of amides is 1. The zero-order valence-corrected chi connectivity index (χ0v) is 22.7. The van der Waals surface area contributed by atoms with Crippen LogP contribution in [-0.4, -0.2) is 65.8 Å². The van der Waals surface area contributed by atoms with Crippen LogP contribution in [0.25, 0.3) is 5.65 Å². The van der Waals surface area contributed by atoms with Crippen LogP contribution in [0.15, 0.2) is 30.5 Å². The minimum absolute atomic E-state index is 0.183. The third-order valence-electron chi connectivity index (χ3n) is 7.07. The number of fused-ring (bicyclic) bond motifs is 1. The largest absolute Gasteiger partial charge is 0.353 e. The number of benzene rings is 1. The van der Waals surface area contributed by atoms with Gasteiger partial charge in [0.2, 0.25) is 10.0 Å². The number of likely N-dealkylation sites (tertiary alicyclic amines) is 1. The van der Waals surface area contributed by atoms with E-state index in [9.17, 15) is 18.5 Å². The summed E-state index contributed by atoms with van der Waals surface area (Å²) in [6.07, 6.45) is 5.39. The zero-order chi connectivity index (χ0) is 27.2. The predicted molar refractivity (Wildman–Crippen MR) is 145 cm³/mol. The molecule has 3 N–H and O–H groups in total. The molecule has 13 heteroatoms. The highest BCUT2D eigenvalue weighted by molar-refractivity contribution is 7.92. The summed E-state index contributed by atoms with van der Waals surface area (Å²) in [5.74, 6) is 0.200. The summed E-state index contributed by atoms with van der Waals surface area (Å²) in [6, 6.07) is 8.13. The maximum Gasteiger partial charge on any atom is 0.256 e. The number of hydrogen-bond donors (Lipinski definition) is 2. The van der Waals surface area contributed by atoms with Crippen LogP contribution >= 0.6 is 11.6 Å². The average Bonchev–Trinajstić information content (AvgIpc) is 3.45. The summed E-state index contributed by atoms with van der Waals surface area (Å²) in [7, 11) is -3.60. The highest BCUT2D eigenvalue weighted by Gasteiger charge is 2.34. The van der Waals surface area contributed by atoms with Gasteiger partial charge in [-0.3, -0.25) is 9.52 Å². The first-order valence-corrected chi connectivity index (χ1v) is 14.7. The number of anilines is 2. The minimum Gasteiger partial charge on any atom is -0.353 e. The molecule has 200 valence electrons. The second-order valence-corrected chi connectivity index (χ2v) is 12.2. The highest BCUT2D eigenvalue weighted by atomic mass is 35.5. The van der Waals surface area contributed by atoms with Gasteiger partial charge in [0.15, 0.2) is 5.65 Å². The number of nitriles is 1. The van der Waals surface area contributed by atoms with Gasteiger partial charge in [-0.25, -0.2) is 17.9 Å². The van der Waals surface area contributed by atoms with Crippen LogP contribution in [0, 0.1) is 24.2 Å². The summed E-state index contributed by atoms with van der Waals surface area (Å²) in [4.78, 5) is 22.4. The first-order valence-electron chi connectivity index (χ1n) is 12.4. The third-order valence-corrected chi connectivity index (χ3v) is 7.89. The smallest absolute Gasteiger partial charge is 0.256 e. The van der Waals surface area contributed by atoms with Gasteiger partial charge in [0, 0.05) is 48.5 Å². The number of nitrogens with zero attached hydrogens (tertiary/aromatic N) is 6. The Kier molecular flexibility index (Phi) is 6.94. The standard InChI is InChI=1S/C25H29ClN8O3S/c1-15-12-34-23(29-24(15)32-13-16(11-27)19(28)14-32)10-21(30-34)22-5-3-4-8-33(22)25(35)18-9-17(26)6-7-20(18)31-38(2,36)37/h6-7,9-10,12,16,19,22,31H,3-5,8,13-14,28H2,1-2H3. The van der Waals surface area contributed by atoms with Crippen molar-refractivity contribution in [2.24, 2.45) is 11.7 Å². The van der Waals surface area contributed by atoms with Crippen LogP contribution in [0.2, 0.25) is 5.02 Å². The summed E-state index contributed by atoms with van der Waals surface area (Å²) in [5.41, 5.74) is 8.75. The number of rotatable bonds is 5. The fraction of sp³-hybridized carbons (Fsp3) is 0.440. The van der Waals surface area contributed by atoms with Crippen molar-refractivity contribution in [1.82, 2.24) is 19.5 Å². The Morgan fingerprint density at radius 2 is 2.05 bits per heavy atom. The first-order chi connectivity index (χ1) is 18.0. The van der Waals surface area contributed by atoms with Crippen LogP contribution < -0.4 is 15.4 Å². The number of aromatic nitrogens is 3. The molecule has 11 nitrogen and oxygen atoms in total. The van der Waals surface area contributed by atoms with Gasteiger partial charge in [0.1, 0.15) is 5.82 Å². The summed E-state index contributed by atoms with van der Waals surface area (Å²) >= 11 is 6.19. The Hall–Kier alpha value is -3.40. The van der Waals surface area contributed by atoms with Crippen molar-refractivity contribution < 1.29 is 13.2 Å². The van der Waals surface area contributed by atoms with Crippen LogP contribution in [0.3, 0.4) is 0 Å². The monoisotopic (exact) mass is 556 g/mol. The lowest BCUT2D eigenvalue weighted by Crippen LogP contribution is -2.39. The Bertz CT molecular complexity index is 1550. The fourth-order valence-electron chi connectivity index (χ4n) is 5.26. The molecular formula is C25H29ClN8O3S. The SMILES string of the molecule is Cc1cn2nc(C3CCCCN3C(=O)c3cc(Cl)ccc3NS(C)(=O)=O)cc2nc1N1CC(N)C(C#N)C1. The van der Waals surface area contributed by atoms with Crippen molar-refractivity contribution in [1.29, 1.82) is 5.26 Å². The number of aryl methyl sites for hydroxylation is 1. The van der Waals surface area contributed by atoms with Gasteiger partial charge >= 0.3 is 0 Å². The number of nitrogens with one attached hydrogen (secondary N) is 1. The molecule has 5 rings (SSSR count). The molecule has 0 spiro atoms. The number of nitrogens with two attached hydrogens (primary N) is 1. The molecular weight excluding hydrogens is 528 g/mol. The zero-order valence-electron chi connectivity index (χ0n) is 21.1. The maximum atomic E-state index is 13.8. The second-order valence-electron chi connectivity index (χ2n) is 10.00. The van der Waals surface area contributed by atoms with Crippen molar-refractivity contribution in [2.75, 3.05) is 35.5 Å². The first kappa shape index (κ1) is 26.2. The summed E-state index contributed by atoms with van der Waals surface area (Å²) < 4.78 is 28.0. The number of piperidine rings is 1. The molecule has 2 fully saturated rings. The Morgan fingerprint density at radius 3 is 2.76 bits per heavy atom. The van der Waals surface area contributed by atoms with Crippen LogP contribution in [0.5, 0.6) is 0 Å². The van der Waals surface area contributed by atoms with Gasteiger partial charge in [-0.2, -0.15) is 10.4 Å². The molecule has 2 aromatic heterocycles. The molecule has 1 aromatic carbocycles. The van der Waals surface area contributed by atoms with Crippen molar-refractivity contribution >= 4 is 44.7 Å². The molecule has 0 saturated carbocycles. The maximum absolute atomic E-state index is 13.8. The predicted octanol–water partition coefficient (Wildman–Crippen LogP) is 2.72. The van der Waals surface area contributed by atoms with E-state index in [2.05, 4.69) is 10.8 Å². The van der Waals surface area contributed by atoms with Gasteiger partial charge in [-0.15, -0.1) is 0 Å². The molecule has 0 aliphatic carbocycles. The van der Waals surface area contributed by atoms with Crippen LogP contribution in [0.4, 0.5) is 11.5 Å². The molecule has 3 unspecified atom stereocenters. The van der Waals surface area contributed by atoms with E-state index in [1.807, 2.05) is 24.1 Å². The van der Waals surface area contributed by atoms with Crippen molar-refractivity contribution in [3.63, 3.8) is 0 Å². The normalized spacial score (nSPS) is 22.0. The molecule has 0 radical (unpaired) electrons. The Balaban J connectivity index is 1.48. The van der Waals surface area contributed by atoms with Crippen molar-refractivity contribution in [2.45, 2.75) is 38.3 Å². The number of sulfonamides is 1. The third kappa shape index (κ3) is 5.14. The lowest BCUT2D eigenvalue weighted by atomic mass is 9.98. The molecule has 38 heavy (non-hydrogen) atoms. The van der Waals surface area contributed by atoms with E-state index >= 15 is 0 Å². The topological polar surface area (TPSA) is 150 Å². The molecule has 2 aliphatic rings. The summed E-state index contributed by atoms with van der Waals surface area (Å²) in [5, 5.41) is 14.5. The molecule has 0 bridgehead atoms. The van der Waals surface area contributed by atoms with Crippen molar-refractivity contribution in [3.8, 4) is 6.07 Å². The quantitative estimate of drug-likeness (QED) is 0.487. The second kappa shape index (κ2) is 10.1. The number of hydrogen-bond acceptors (Lipinski definition) is 8. The van der Waals surface area contributed by atoms with E-state index in [0.717, 1.165) is 30.5 Å². The minimum atomic E-state index is -3.60. The van der Waals surface area contributed by atoms with Gasteiger partial charge in [-0.05, 0) is 44.4 Å². The van der Waals surface area contributed by atoms with Gasteiger partial charge in [0.25, 0.3) is 5.91 Å². The van der Waals surface area contributed by atoms with Crippen LogP contribution in [-0.2, 0) is 10.0 Å². The van der Waals surface area contributed by atoms with Crippen molar-refractivity contribution in [3.05, 3.63) is 52.3 Å². The Morgan fingerprint density at radius 1 is 1.26 bits per heavy atom. The van der Waals surface area contributed by atoms with E-state index in [0.29, 0.717) is 42.4 Å². The number of carbonyl (C=O) groups is 1. The van der Waals surface area contributed by atoms with Gasteiger partial charge in [-0.1, -0.05) is 11.6 Å². The highest BCUT2D eigenvalue weighted by Crippen LogP contribution is 2.34.